The minimum Gasteiger partial charge on any atom is -0.507 e. The highest BCUT2D eigenvalue weighted by atomic mass is 19.1. The van der Waals surface area contributed by atoms with E-state index in [1.54, 1.807) is 6.07 Å². The monoisotopic (exact) mass is 490 g/mol. The van der Waals surface area contributed by atoms with Crippen molar-refractivity contribution in [2.24, 2.45) is 0 Å². The number of hydrogen-bond acceptors (Lipinski definition) is 4. The van der Waals surface area contributed by atoms with Crippen LogP contribution < -0.4 is 10.5 Å². The minimum absolute atomic E-state index is 0.0617. The van der Waals surface area contributed by atoms with E-state index in [-0.39, 0.29) is 18.5 Å². The molecule has 1 aliphatic carbocycles. The number of aryl methyl sites for hydroxylation is 1. The van der Waals surface area contributed by atoms with E-state index in [4.69, 9.17) is 10.5 Å². The van der Waals surface area contributed by atoms with Crippen LogP contribution in [-0.4, -0.2) is 42.4 Å². The van der Waals surface area contributed by atoms with Gasteiger partial charge in [0.25, 0.3) is 0 Å². The molecule has 1 unspecified atom stereocenters. The normalized spacial score (nSPS) is 18.2. The summed E-state index contributed by atoms with van der Waals surface area (Å²) in [5.74, 6) is 0.269. The number of ether oxygens (including phenoxy) is 1. The molecule has 2 aliphatic rings. The lowest BCUT2D eigenvalue weighted by molar-refractivity contribution is 0.198. The standard InChI is InChI=1S/C30H32F2N2O2/c31-14-2-15-34-16-13-25(19-34)36-24-10-6-21(7-11-24)30-27(26-12-8-22(32)17-29(26)35)4-1-3-20-5-9-23(33)18-28(20)30/h5-12,17-18,25,35H,1-4,13-16,19,33H2. The number of nitrogens with zero attached hydrogens (tertiary/aromatic N) is 1. The third-order valence-corrected chi connectivity index (χ3v) is 7.15. The molecule has 0 saturated carbocycles. The van der Waals surface area contributed by atoms with Crippen molar-refractivity contribution in [3.63, 3.8) is 0 Å². The molecule has 3 aromatic carbocycles. The van der Waals surface area contributed by atoms with Crippen molar-refractivity contribution in [3.8, 4) is 11.5 Å². The summed E-state index contributed by atoms with van der Waals surface area (Å²) in [6, 6.07) is 18.2. The number of phenols is 1. The smallest absolute Gasteiger partial charge is 0.126 e. The van der Waals surface area contributed by atoms with Crippen molar-refractivity contribution in [2.75, 3.05) is 32.0 Å². The maximum Gasteiger partial charge on any atom is 0.126 e. The number of fused-ring (bicyclic) bond motifs is 1. The molecule has 6 heteroatoms. The maximum atomic E-state index is 13.8. The van der Waals surface area contributed by atoms with E-state index < -0.39 is 5.82 Å². The number of anilines is 1. The first-order valence-electron chi connectivity index (χ1n) is 12.7. The lowest BCUT2D eigenvalue weighted by atomic mass is 9.87. The van der Waals surface area contributed by atoms with Crippen molar-refractivity contribution >= 4 is 16.8 Å². The van der Waals surface area contributed by atoms with Gasteiger partial charge in [-0.05, 0) is 96.3 Å². The summed E-state index contributed by atoms with van der Waals surface area (Å²) in [6.45, 7) is 2.22. The number of halogens is 2. The number of benzene rings is 3. The molecular weight excluding hydrogens is 458 g/mol. The van der Waals surface area contributed by atoms with E-state index in [2.05, 4.69) is 11.0 Å². The molecule has 0 aromatic heterocycles. The van der Waals surface area contributed by atoms with Crippen LogP contribution in [0.1, 0.15) is 47.9 Å². The summed E-state index contributed by atoms with van der Waals surface area (Å²) in [7, 11) is 0. The highest BCUT2D eigenvalue weighted by Crippen LogP contribution is 2.43. The van der Waals surface area contributed by atoms with Gasteiger partial charge >= 0.3 is 0 Å². The fourth-order valence-corrected chi connectivity index (χ4v) is 5.42. The summed E-state index contributed by atoms with van der Waals surface area (Å²) >= 11 is 0. The lowest BCUT2D eigenvalue weighted by Crippen LogP contribution is -2.26. The average molecular weight is 491 g/mol. The molecule has 0 bridgehead atoms. The van der Waals surface area contributed by atoms with Gasteiger partial charge in [-0.3, -0.25) is 9.29 Å². The highest BCUT2D eigenvalue weighted by Gasteiger charge is 2.25. The van der Waals surface area contributed by atoms with E-state index in [0.29, 0.717) is 17.7 Å². The Kier molecular flexibility index (Phi) is 7.23. The largest absolute Gasteiger partial charge is 0.507 e. The number of aromatic hydroxyl groups is 1. The number of nitrogen functional groups attached to an aromatic ring is 1. The molecular formula is C30H32F2N2O2. The zero-order chi connectivity index (χ0) is 25.1. The van der Waals surface area contributed by atoms with Crippen LogP contribution in [0.3, 0.4) is 0 Å². The number of phenolic OH excluding ortho intramolecular Hbond substituents is 1. The number of allylic oxidation sites excluding steroid dienone is 1. The Bertz CT molecular complexity index is 1260. The molecule has 3 N–H and O–H groups in total. The predicted molar refractivity (Wildman–Crippen MR) is 140 cm³/mol. The molecule has 0 amide bonds. The van der Waals surface area contributed by atoms with Crippen LogP contribution in [0.5, 0.6) is 11.5 Å². The van der Waals surface area contributed by atoms with Crippen LogP contribution >= 0.6 is 0 Å². The van der Waals surface area contributed by atoms with Crippen LogP contribution in [0.15, 0.2) is 60.7 Å². The Labute approximate surface area is 211 Å². The fourth-order valence-electron chi connectivity index (χ4n) is 5.42. The van der Waals surface area contributed by atoms with Gasteiger partial charge in [0, 0.05) is 37.0 Å². The van der Waals surface area contributed by atoms with Gasteiger partial charge < -0.3 is 15.6 Å². The zero-order valence-electron chi connectivity index (χ0n) is 20.4. The Morgan fingerprint density at radius 3 is 2.61 bits per heavy atom. The first-order valence-corrected chi connectivity index (χ1v) is 12.7. The van der Waals surface area contributed by atoms with Gasteiger partial charge in [0.1, 0.15) is 23.4 Å². The summed E-state index contributed by atoms with van der Waals surface area (Å²) in [4.78, 5) is 2.25. The van der Waals surface area contributed by atoms with Crippen molar-refractivity contribution in [1.29, 1.82) is 0 Å². The summed E-state index contributed by atoms with van der Waals surface area (Å²) in [5, 5.41) is 10.6. The van der Waals surface area contributed by atoms with Crippen LogP contribution in [0, 0.1) is 5.82 Å². The molecule has 36 heavy (non-hydrogen) atoms. The van der Waals surface area contributed by atoms with Crippen LogP contribution in [-0.2, 0) is 6.42 Å². The van der Waals surface area contributed by atoms with Gasteiger partial charge in [0.2, 0.25) is 0 Å². The number of likely N-dealkylation sites (tertiary alicyclic amines) is 1. The number of hydrogen-bond donors (Lipinski definition) is 2. The molecule has 3 aromatic rings. The minimum atomic E-state index is -0.464. The number of rotatable bonds is 7. The van der Waals surface area contributed by atoms with Crippen molar-refractivity contribution in [3.05, 3.63) is 88.7 Å². The van der Waals surface area contributed by atoms with Gasteiger partial charge in [-0.1, -0.05) is 18.2 Å². The lowest BCUT2D eigenvalue weighted by Gasteiger charge is -2.19. The fraction of sp³-hybridized carbons (Fsp3) is 0.333. The van der Waals surface area contributed by atoms with Gasteiger partial charge in [-0.25, -0.2) is 4.39 Å². The first kappa shape index (κ1) is 24.3. The van der Waals surface area contributed by atoms with Gasteiger partial charge in [-0.15, -0.1) is 0 Å². The summed E-state index contributed by atoms with van der Waals surface area (Å²) < 4.78 is 32.5. The van der Waals surface area contributed by atoms with E-state index >= 15 is 0 Å². The van der Waals surface area contributed by atoms with Gasteiger partial charge in [-0.2, -0.15) is 0 Å². The Hall–Kier alpha value is -3.38. The molecule has 0 radical (unpaired) electrons. The van der Waals surface area contributed by atoms with Crippen LogP contribution in [0.25, 0.3) is 11.1 Å². The summed E-state index contributed by atoms with van der Waals surface area (Å²) in [5.41, 5.74) is 12.7. The Balaban J connectivity index is 1.49. The molecule has 1 saturated heterocycles. The van der Waals surface area contributed by atoms with Crippen LogP contribution in [0.2, 0.25) is 0 Å². The molecule has 188 valence electrons. The summed E-state index contributed by atoms with van der Waals surface area (Å²) in [6.07, 6.45) is 4.15. The van der Waals surface area contributed by atoms with E-state index in [9.17, 15) is 13.9 Å². The molecule has 4 nitrogen and oxygen atoms in total. The Morgan fingerprint density at radius 1 is 1.00 bits per heavy atom. The van der Waals surface area contributed by atoms with E-state index in [0.717, 1.165) is 73.3 Å². The SMILES string of the molecule is Nc1ccc2c(c1)C(c1ccc(OC3CCN(CCCF)C3)cc1)=C(c1ccc(F)cc1O)CCC2. The zero-order valence-corrected chi connectivity index (χ0v) is 20.4. The van der Waals surface area contributed by atoms with Crippen molar-refractivity contribution in [2.45, 2.75) is 38.2 Å². The highest BCUT2D eigenvalue weighted by molar-refractivity contribution is 6.01. The second-order valence-electron chi connectivity index (χ2n) is 9.68. The second kappa shape index (κ2) is 10.7. The third-order valence-electron chi connectivity index (χ3n) is 7.15. The third kappa shape index (κ3) is 5.24. The molecule has 1 aliphatic heterocycles. The van der Waals surface area contributed by atoms with Crippen molar-refractivity contribution in [1.82, 2.24) is 4.90 Å². The molecule has 1 heterocycles. The second-order valence-corrected chi connectivity index (χ2v) is 9.68. The molecule has 1 fully saturated rings. The van der Waals surface area contributed by atoms with Crippen LogP contribution in [0.4, 0.5) is 14.5 Å². The quantitative estimate of drug-likeness (QED) is 0.386. The maximum absolute atomic E-state index is 13.8. The predicted octanol–water partition coefficient (Wildman–Crippen LogP) is 6.22. The van der Waals surface area contributed by atoms with E-state index in [1.807, 2.05) is 36.4 Å². The first-order chi connectivity index (χ1) is 17.5. The van der Waals surface area contributed by atoms with Crippen molar-refractivity contribution < 1.29 is 18.6 Å². The van der Waals surface area contributed by atoms with Gasteiger partial charge in [0.15, 0.2) is 0 Å². The Morgan fingerprint density at radius 2 is 1.83 bits per heavy atom. The molecule has 5 rings (SSSR count). The molecule has 0 spiro atoms. The molecule has 1 atom stereocenters. The number of nitrogens with two attached hydrogens (primary N) is 1. The number of alkyl halides is 1. The average Bonchev–Trinajstić information content (AvgIpc) is 3.23. The van der Waals surface area contributed by atoms with Gasteiger partial charge in [0.05, 0.1) is 6.67 Å². The van der Waals surface area contributed by atoms with E-state index in [1.165, 1.54) is 17.7 Å². The topological polar surface area (TPSA) is 58.7 Å².